The van der Waals surface area contributed by atoms with Crippen LogP contribution in [0.15, 0.2) is 48.6 Å². The fourth-order valence-electron chi connectivity index (χ4n) is 7.71. The molecule has 7 atom stereocenters. The molecule has 11 heteroatoms. The largest absolute Gasteiger partial charge is 0.466 e. The minimum Gasteiger partial charge on any atom is -0.466 e. The molecule has 7 unspecified atom stereocenters. The van der Waals surface area contributed by atoms with Crippen LogP contribution in [0.1, 0.15) is 213 Å². The first-order valence-corrected chi connectivity index (χ1v) is 25.9. The quantitative estimate of drug-likeness (QED) is 0.0150. The lowest BCUT2D eigenvalue weighted by atomic mass is 9.99. The van der Waals surface area contributed by atoms with Gasteiger partial charge in [-0.15, -0.1) is 0 Å². The van der Waals surface area contributed by atoms with Crippen molar-refractivity contribution in [2.75, 3.05) is 19.8 Å². The molecule has 0 spiro atoms. The molecule has 1 aliphatic rings. The number of allylic oxidation sites excluding steroid dienone is 7. The zero-order chi connectivity index (χ0) is 46.7. The Morgan fingerprint density at radius 1 is 0.578 bits per heavy atom. The molecule has 6 N–H and O–H groups in total. The molecule has 1 heterocycles. The monoisotopic (exact) mass is 906 g/mol. The molecule has 1 saturated heterocycles. The number of aliphatic hydroxyl groups is 5. The van der Waals surface area contributed by atoms with Gasteiger partial charge in [-0.05, 0) is 89.9 Å². The van der Waals surface area contributed by atoms with Crippen molar-refractivity contribution < 1.29 is 49.3 Å². The van der Waals surface area contributed by atoms with Crippen molar-refractivity contribution in [2.45, 2.75) is 256 Å². The third kappa shape index (κ3) is 33.1. The molecule has 1 fully saturated rings. The van der Waals surface area contributed by atoms with E-state index in [1.807, 2.05) is 6.08 Å². The Morgan fingerprint density at radius 2 is 1.05 bits per heavy atom. The molecular weight excluding hydrogens is 811 g/mol. The summed E-state index contributed by atoms with van der Waals surface area (Å²) in [6.07, 6.45) is 42.0. The first kappa shape index (κ1) is 59.6. The Morgan fingerprint density at radius 3 is 1.62 bits per heavy atom. The summed E-state index contributed by atoms with van der Waals surface area (Å²) in [5, 5.41) is 54.1. The standard InChI is InChI=1S/C53H95NO10/c1-3-5-7-9-11-13-14-21-25-29-33-37-41-49(58)62-42-38-34-30-26-22-19-17-15-16-18-20-24-28-32-36-40-48(57)54-45(46(56)39-35-31-27-23-12-10-8-6-4-2)44-63-53-52(61)51(60)50(59)47(43-55)64-53/h11,13,15,17,19,22,35,39,45-47,50-53,55-56,59-61H,3-10,12,14,16,18,20-21,23-34,36-38,40-44H2,1-2H3,(H,54,57)/b13-11-,17-15-,22-19-,39-35+. The van der Waals surface area contributed by atoms with Crippen LogP contribution in [0.3, 0.4) is 0 Å². The molecule has 1 rings (SSSR count). The van der Waals surface area contributed by atoms with E-state index in [-0.39, 0.29) is 18.5 Å². The molecule has 0 aromatic carbocycles. The Kier molecular flexibility index (Phi) is 40.3. The Hall–Kier alpha value is -2.38. The van der Waals surface area contributed by atoms with E-state index >= 15 is 0 Å². The summed E-state index contributed by atoms with van der Waals surface area (Å²) in [5.74, 6) is -0.261. The molecule has 64 heavy (non-hydrogen) atoms. The SMILES string of the molecule is CCCCC/C=C\CCCCCCCC(=O)OCCCCC/C=C\C=C/CCCCCCCCC(=O)NC(COC1OC(CO)C(O)C(O)C1O)C(O)/C=C/CCCCCCCCC. The topological polar surface area (TPSA) is 175 Å². The maximum Gasteiger partial charge on any atom is 0.305 e. The van der Waals surface area contributed by atoms with E-state index in [1.54, 1.807) is 6.08 Å². The number of carbonyl (C=O) groups excluding carboxylic acids is 2. The minimum absolute atomic E-state index is 0.0523. The van der Waals surface area contributed by atoms with Crippen molar-refractivity contribution in [3.05, 3.63) is 48.6 Å². The lowest BCUT2D eigenvalue weighted by Gasteiger charge is -2.40. The van der Waals surface area contributed by atoms with E-state index in [0.29, 0.717) is 19.4 Å². The van der Waals surface area contributed by atoms with Crippen LogP contribution < -0.4 is 5.32 Å². The minimum atomic E-state index is -1.58. The summed E-state index contributed by atoms with van der Waals surface area (Å²) in [7, 11) is 0. The van der Waals surface area contributed by atoms with Gasteiger partial charge in [0, 0.05) is 12.8 Å². The highest BCUT2D eigenvalue weighted by molar-refractivity contribution is 5.76. The van der Waals surface area contributed by atoms with Crippen LogP contribution in [0.25, 0.3) is 0 Å². The van der Waals surface area contributed by atoms with Crippen LogP contribution >= 0.6 is 0 Å². The van der Waals surface area contributed by atoms with Gasteiger partial charge in [0.1, 0.15) is 24.4 Å². The first-order chi connectivity index (χ1) is 31.2. The van der Waals surface area contributed by atoms with Gasteiger partial charge < -0.3 is 45.1 Å². The van der Waals surface area contributed by atoms with E-state index in [1.165, 1.54) is 83.5 Å². The highest BCUT2D eigenvalue weighted by atomic mass is 16.7. The van der Waals surface area contributed by atoms with Gasteiger partial charge in [0.2, 0.25) is 5.91 Å². The van der Waals surface area contributed by atoms with E-state index in [9.17, 15) is 35.1 Å². The first-order valence-electron chi connectivity index (χ1n) is 25.9. The fourth-order valence-corrected chi connectivity index (χ4v) is 7.71. The number of rotatable bonds is 43. The smallest absolute Gasteiger partial charge is 0.305 e. The van der Waals surface area contributed by atoms with Crippen LogP contribution in [-0.4, -0.2) is 100 Å². The number of hydrogen-bond acceptors (Lipinski definition) is 10. The molecule has 0 saturated carbocycles. The molecule has 1 aliphatic heterocycles. The van der Waals surface area contributed by atoms with E-state index in [0.717, 1.165) is 103 Å². The Labute approximate surface area is 389 Å². The van der Waals surface area contributed by atoms with Crippen LogP contribution in [0.5, 0.6) is 0 Å². The highest BCUT2D eigenvalue weighted by Gasteiger charge is 2.44. The number of carbonyl (C=O) groups is 2. The van der Waals surface area contributed by atoms with Gasteiger partial charge in [-0.2, -0.15) is 0 Å². The molecule has 0 aromatic heterocycles. The maximum absolute atomic E-state index is 12.9. The highest BCUT2D eigenvalue weighted by Crippen LogP contribution is 2.22. The Balaban J connectivity index is 2.16. The number of unbranched alkanes of at least 4 members (excludes halogenated alkanes) is 24. The third-order valence-electron chi connectivity index (χ3n) is 11.9. The summed E-state index contributed by atoms with van der Waals surface area (Å²) in [6, 6.07) is -0.825. The third-order valence-corrected chi connectivity index (χ3v) is 11.9. The van der Waals surface area contributed by atoms with Crippen molar-refractivity contribution in [1.29, 1.82) is 0 Å². The number of ether oxygens (including phenoxy) is 3. The summed E-state index contributed by atoms with van der Waals surface area (Å²) >= 11 is 0. The summed E-state index contributed by atoms with van der Waals surface area (Å²) in [6.45, 7) is 4.19. The number of nitrogens with one attached hydrogen (secondary N) is 1. The van der Waals surface area contributed by atoms with Crippen molar-refractivity contribution >= 4 is 11.9 Å². The second kappa shape index (κ2) is 43.2. The number of aliphatic hydroxyl groups excluding tert-OH is 5. The molecule has 0 bridgehead atoms. The molecule has 11 nitrogen and oxygen atoms in total. The number of hydrogen-bond donors (Lipinski definition) is 6. The van der Waals surface area contributed by atoms with E-state index < -0.39 is 49.5 Å². The molecule has 0 radical (unpaired) electrons. The normalized spacial score (nSPS) is 20.3. The van der Waals surface area contributed by atoms with E-state index in [4.69, 9.17) is 14.2 Å². The summed E-state index contributed by atoms with van der Waals surface area (Å²) in [4.78, 5) is 24.9. The van der Waals surface area contributed by atoms with Gasteiger partial charge in [0.15, 0.2) is 6.29 Å². The second-order valence-corrected chi connectivity index (χ2v) is 17.9. The zero-order valence-corrected chi connectivity index (χ0v) is 40.5. The average molecular weight is 906 g/mol. The molecule has 1 amide bonds. The lowest BCUT2D eigenvalue weighted by Crippen LogP contribution is -2.60. The van der Waals surface area contributed by atoms with Gasteiger partial charge in [0.25, 0.3) is 0 Å². The lowest BCUT2D eigenvalue weighted by molar-refractivity contribution is -0.302. The zero-order valence-electron chi connectivity index (χ0n) is 40.5. The predicted octanol–water partition coefficient (Wildman–Crippen LogP) is 10.5. The van der Waals surface area contributed by atoms with Gasteiger partial charge in [-0.25, -0.2) is 0 Å². The van der Waals surface area contributed by atoms with Crippen LogP contribution in [0.2, 0.25) is 0 Å². The number of amides is 1. The molecule has 0 aromatic rings. The van der Waals surface area contributed by atoms with E-state index in [2.05, 4.69) is 55.6 Å². The van der Waals surface area contributed by atoms with Crippen molar-refractivity contribution in [3.63, 3.8) is 0 Å². The van der Waals surface area contributed by atoms with Crippen LogP contribution in [0.4, 0.5) is 0 Å². The Bertz CT molecular complexity index is 1210. The van der Waals surface area contributed by atoms with Crippen molar-refractivity contribution in [2.24, 2.45) is 0 Å². The van der Waals surface area contributed by atoms with Gasteiger partial charge in [0.05, 0.1) is 32.0 Å². The summed E-state index contributed by atoms with van der Waals surface area (Å²) in [5.41, 5.74) is 0. The van der Waals surface area contributed by atoms with Gasteiger partial charge in [-0.1, -0.05) is 159 Å². The van der Waals surface area contributed by atoms with Crippen LogP contribution in [-0.2, 0) is 23.8 Å². The molecule has 372 valence electrons. The van der Waals surface area contributed by atoms with Crippen molar-refractivity contribution in [3.8, 4) is 0 Å². The molecule has 0 aliphatic carbocycles. The second-order valence-electron chi connectivity index (χ2n) is 17.9. The maximum atomic E-state index is 12.9. The molecular formula is C53H95NO10. The van der Waals surface area contributed by atoms with Gasteiger partial charge >= 0.3 is 5.97 Å². The fraction of sp³-hybridized carbons (Fsp3) is 0.811. The summed E-state index contributed by atoms with van der Waals surface area (Å²) < 4.78 is 16.6. The predicted molar refractivity (Wildman–Crippen MR) is 260 cm³/mol. The number of esters is 1. The van der Waals surface area contributed by atoms with Crippen molar-refractivity contribution in [1.82, 2.24) is 5.32 Å². The van der Waals surface area contributed by atoms with Gasteiger partial charge in [-0.3, -0.25) is 9.59 Å². The van der Waals surface area contributed by atoms with Crippen LogP contribution in [0, 0.1) is 0 Å². The average Bonchev–Trinajstić information content (AvgIpc) is 3.29.